The molecule has 5 rings (SSSR count). The van der Waals surface area contributed by atoms with E-state index in [0.717, 1.165) is 38.8 Å². The number of thiophene rings is 1. The molecule has 4 aromatic rings. The zero-order chi connectivity index (χ0) is 20.1. The fraction of sp³-hybridized carbons (Fsp3) is 0.238. The van der Waals surface area contributed by atoms with Crippen molar-refractivity contribution in [2.24, 2.45) is 7.05 Å². The van der Waals surface area contributed by atoms with Crippen LogP contribution < -0.4 is 10.3 Å². The number of ether oxygens (including phenoxy) is 1. The van der Waals surface area contributed by atoms with E-state index in [1.54, 1.807) is 22.9 Å². The van der Waals surface area contributed by atoms with Gasteiger partial charge in [0.25, 0.3) is 5.56 Å². The van der Waals surface area contributed by atoms with Crippen molar-refractivity contribution >= 4 is 38.3 Å². The van der Waals surface area contributed by atoms with Gasteiger partial charge in [0.2, 0.25) is 0 Å². The number of benzene rings is 1. The second kappa shape index (κ2) is 7.11. The molecule has 0 saturated heterocycles. The van der Waals surface area contributed by atoms with Crippen LogP contribution in [0.5, 0.6) is 5.75 Å². The number of hydrogen-bond donors (Lipinski definition) is 0. The quantitative estimate of drug-likeness (QED) is 0.402. The second-order valence-corrected chi connectivity index (χ2v) is 9.11. The zero-order valence-corrected chi connectivity index (χ0v) is 18.0. The van der Waals surface area contributed by atoms with Crippen LogP contribution in [0.25, 0.3) is 16.7 Å². The van der Waals surface area contributed by atoms with Crippen molar-refractivity contribution in [3.63, 3.8) is 0 Å². The lowest BCUT2D eigenvalue weighted by Gasteiger charge is -2.09. The normalized spacial score (nSPS) is 13.9. The van der Waals surface area contributed by atoms with Crippen LogP contribution in [-0.2, 0) is 13.7 Å². The Labute approximate surface area is 178 Å². The third kappa shape index (κ3) is 3.51. The minimum atomic E-state index is -0.283. The van der Waals surface area contributed by atoms with Crippen molar-refractivity contribution in [3.05, 3.63) is 73.3 Å². The largest absolute Gasteiger partial charge is 0.488 e. The Morgan fingerprint density at radius 2 is 2.10 bits per heavy atom. The number of aromatic nitrogens is 3. The lowest BCUT2D eigenvalue weighted by atomic mass is 10.2. The number of fused-ring (bicyclic) bond motifs is 1. The van der Waals surface area contributed by atoms with E-state index in [2.05, 4.69) is 20.5 Å². The highest BCUT2D eigenvalue weighted by atomic mass is 79.9. The molecule has 1 aliphatic carbocycles. The Morgan fingerprint density at radius 1 is 1.28 bits per heavy atom. The second-order valence-electron chi connectivity index (χ2n) is 7.17. The molecule has 0 aliphatic heterocycles. The summed E-state index contributed by atoms with van der Waals surface area (Å²) in [5, 5.41) is -0.283. The molecule has 0 spiro atoms. The zero-order valence-electron chi connectivity index (χ0n) is 15.6. The maximum atomic E-state index is 13.4. The first-order chi connectivity index (χ1) is 14.0. The van der Waals surface area contributed by atoms with Gasteiger partial charge in [0.15, 0.2) is 5.13 Å². The van der Waals surface area contributed by atoms with Gasteiger partial charge in [-0.1, -0.05) is 0 Å². The molecule has 3 aromatic heterocycles. The predicted octanol–water partition coefficient (Wildman–Crippen LogP) is 5.14. The van der Waals surface area contributed by atoms with Gasteiger partial charge in [-0.15, -0.1) is 11.3 Å². The van der Waals surface area contributed by atoms with Gasteiger partial charge in [-0.05, 0) is 59.1 Å². The maximum absolute atomic E-state index is 13.4. The number of hydrogen-bond acceptors (Lipinski definition) is 4. The summed E-state index contributed by atoms with van der Waals surface area (Å²) in [7, 11) is 2.03. The maximum Gasteiger partial charge on any atom is 0.258 e. The van der Waals surface area contributed by atoms with E-state index >= 15 is 0 Å². The molecule has 3 heterocycles. The van der Waals surface area contributed by atoms with Gasteiger partial charge in [-0.2, -0.15) is 4.39 Å². The summed E-state index contributed by atoms with van der Waals surface area (Å²) in [6, 6.07) is 10.7. The molecular formula is C21H17BrFN3O2S. The molecule has 8 heteroatoms. The van der Waals surface area contributed by atoms with Gasteiger partial charge < -0.3 is 9.30 Å². The van der Waals surface area contributed by atoms with Crippen LogP contribution in [0.1, 0.15) is 29.5 Å². The molecule has 29 heavy (non-hydrogen) atoms. The highest BCUT2D eigenvalue weighted by Crippen LogP contribution is 2.40. The van der Waals surface area contributed by atoms with E-state index in [1.807, 2.05) is 25.2 Å². The summed E-state index contributed by atoms with van der Waals surface area (Å²) in [4.78, 5) is 18.1. The van der Waals surface area contributed by atoms with E-state index in [4.69, 9.17) is 9.72 Å². The van der Waals surface area contributed by atoms with Gasteiger partial charge >= 0.3 is 0 Å². The molecule has 0 amide bonds. The summed E-state index contributed by atoms with van der Waals surface area (Å²) < 4.78 is 23.2. The average Bonchev–Trinajstić information content (AvgIpc) is 3.43. The number of aryl methyl sites for hydroxylation is 1. The van der Waals surface area contributed by atoms with E-state index in [0.29, 0.717) is 16.1 Å². The van der Waals surface area contributed by atoms with Gasteiger partial charge in [0, 0.05) is 30.1 Å². The third-order valence-corrected chi connectivity index (χ3v) is 6.82. The highest BCUT2D eigenvalue weighted by molar-refractivity contribution is 9.10. The minimum Gasteiger partial charge on any atom is -0.488 e. The van der Waals surface area contributed by atoms with Crippen LogP contribution in [0, 0.1) is 5.13 Å². The van der Waals surface area contributed by atoms with Crippen LogP contribution in [0.2, 0.25) is 0 Å². The first kappa shape index (κ1) is 18.6. The predicted molar refractivity (Wildman–Crippen MR) is 115 cm³/mol. The average molecular weight is 474 g/mol. The molecule has 1 aliphatic rings. The van der Waals surface area contributed by atoms with E-state index in [9.17, 15) is 9.18 Å². The molecule has 148 valence electrons. The van der Waals surface area contributed by atoms with Crippen molar-refractivity contribution < 1.29 is 9.13 Å². The molecule has 0 unspecified atom stereocenters. The molecule has 1 fully saturated rings. The summed E-state index contributed by atoms with van der Waals surface area (Å²) >= 11 is 4.16. The SMILES string of the molecule is Cn1c(C2CC2)nc2ccc(-n3ccc(OCc4cc(Br)c(F)s4)cc3=O)cc21. The number of halogens is 2. The fourth-order valence-electron chi connectivity index (χ4n) is 3.43. The van der Waals surface area contributed by atoms with Crippen molar-refractivity contribution in [1.29, 1.82) is 0 Å². The third-order valence-electron chi connectivity index (χ3n) is 5.09. The van der Waals surface area contributed by atoms with Crippen molar-refractivity contribution in [2.75, 3.05) is 0 Å². The monoisotopic (exact) mass is 473 g/mol. The molecule has 1 aromatic carbocycles. The first-order valence-corrected chi connectivity index (χ1v) is 10.9. The standard InChI is InChI=1S/C21H17BrFN3O2S/c1-25-18-8-13(4-5-17(18)24-21(25)12-2-3-12)26-7-6-14(9-19(26)27)28-11-15-10-16(22)20(23)29-15/h4-10,12H,2-3,11H2,1H3. The van der Waals surface area contributed by atoms with Gasteiger partial charge in [-0.3, -0.25) is 9.36 Å². The lowest BCUT2D eigenvalue weighted by molar-refractivity contribution is 0.309. The smallest absolute Gasteiger partial charge is 0.258 e. The van der Waals surface area contributed by atoms with Crippen LogP contribution in [0.15, 0.2) is 51.9 Å². The van der Waals surface area contributed by atoms with Crippen LogP contribution >= 0.6 is 27.3 Å². The van der Waals surface area contributed by atoms with Crippen LogP contribution in [0.4, 0.5) is 4.39 Å². The first-order valence-electron chi connectivity index (χ1n) is 9.25. The van der Waals surface area contributed by atoms with Crippen LogP contribution in [-0.4, -0.2) is 14.1 Å². The molecule has 0 atom stereocenters. The minimum absolute atomic E-state index is 0.190. The topological polar surface area (TPSA) is 49.0 Å². The van der Waals surface area contributed by atoms with E-state index < -0.39 is 0 Å². The summed E-state index contributed by atoms with van der Waals surface area (Å²) in [6.07, 6.45) is 4.09. The summed E-state index contributed by atoms with van der Waals surface area (Å²) in [5.41, 5.74) is 2.55. The lowest BCUT2D eigenvalue weighted by Crippen LogP contribution is -2.16. The molecule has 1 saturated carbocycles. The highest BCUT2D eigenvalue weighted by Gasteiger charge is 2.28. The Balaban J connectivity index is 1.41. The van der Waals surface area contributed by atoms with E-state index in [1.165, 1.54) is 18.9 Å². The van der Waals surface area contributed by atoms with Gasteiger partial charge in [-0.25, -0.2) is 4.98 Å². The number of nitrogens with zero attached hydrogens (tertiary/aromatic N) is 3. The number of imidazole rings is 1. The molecule has 0 N–H and O–H groups in total. The number of rotatable bonds is 5. The molecular weight excluding hydrogens is 457 g/mol. The Hall–Kier alpha value is -2.45. The summed E-state index contributed by atoms with van der Waals surface area (Å²) in [6.45, 7) is 0.210. The van der Waals surface area contributed by atoms with Crippen molar-refractivity contribution in [2.45, 2.75) is 25.4 Å². The van der Waals surface area contributed by atoms with E-state index in [-0.39, 0.29) is 17.3 Å². The van der Waals surface area contributed by atoms with Crippen molar-refractivity contribution in [3.8, 4) is 11.4 Å². The summed E-state index contributed by atoms with van der Waals surface area (Å²) in [5.74, 6) is 2.13. The molecule has 5 nitrogen and oxygen atoms in total. The van der Waals surface area contributed by atoms with Crippen molar-refractivity contribution in [1.82, 2.24) is 14.1 Å². The Kier molecular flexibility index (Phi) is 4.55. The Morgan fingerprint density at radius 3 is 2.79 bits per heavy atom. The van der Waals surface area contributed by atoms with Gasteiger partial charge in [0.05, 0.1) is 21.2 Å². The Bertz CT molecular complexity index is 1270. The number of pyridine rings is 1. The fourth-order valence-corrected chi connectivity index (χ4v) is 4.79. The van der Waals surface area contributed by atoms with Gasteiger partial charge in [0.1, 0.15) is 18.2 Å². The van der Waals surface area contributed by atoms with Crippen LogP contribution in [0.3, 0.4) is 0 Å². The molecule has 0 radical (unpaired) electrons. The molecule has 0 bridgehead atoms.